The van der Waals surface area contributed by atoms with Crippen molar-refractivity contribution in [3.63, 3.8) is 0 Å². The molecule has 2 N–H and O–H groups in total. The molecule has 0 unspecified atom stereocenters. The number of hydrogen-bond acceptors (Lipinski definition) is 2. The van der Waals surface area contributed by atoms with Crippen molar-refractivity contribution < 1.29 is 18.0 Å². The largest absolute Gasteiger partial charge is 0.351 e. The molecular weight excluding hydrogens is 341 g/mol. The number of nitrogens with one attached hydrogen (secondary N) is 2. The molecule has 0 aromatic heterocycles. The number of halogens is 3. The molecule has 0 saturated heterocycles. The molecule has 0 atom stereocenters. The van der Waals surface area contributed by atoms with E-state index < -0.39 is 11.6 Å². The van der Waals surface area contributed by atoms with Crippen molar-refractivity contribution in [2.45, 2.75) is 6.42 Å². The average molecular weight is 356 g/mol. The van der Waals surface area contributed by atoms with E-state index in [0.717, 1.165) is 12.1 Å². The van der Waals surface area contributed by atoms with E-state index in [4.69, 9.17) is 0 Å². The van der Waals surface area contributed by atoms with Crippen LogP contribution in [-0.2, 0) is 11.2 Å². The van der Waals surface area contributed by atoms with Crippen LogP contribution in [0.3, 0.4) is 0 Å². The van der Waals surface area contributed by atoms with Crippen molar-refractivity contribution in [1.82, 2.24) is 0 Å². The molecule has 0 radical (unpaired) electrons. The summed E-state index contributed by atoms with van der Waals surface area (Å²) in [7, 11) is 0. The van der Waals surface area contributed by atoms with Gasteiger partial charge in [0.15, 0.2) is 0 Å². The second-order valence-electron chi connectivity index (χ2n) is 5.65. The Labute approximate surface area is 148 Å². The Morgan fingerprint density at radius 2 is 1.35 bits per heavy atom. The fourth-order valence-electron chi connectivity index (χ4n) is 2.39. The van der Waals surface area contributed by atoms with Crippen LogP contribution in [0, 0.1) is 17.5 Å². The van der Waals surface area contributed by atoms with Crippen LogP contribution in [0.5, 0.6) is 0 Å². The van der Waals surface area contributed by atoms with Crippen molar-refractivity contribution in [3.05, 3.63) is 89.7 Å². The lowest BCUT2D eigenvalue weighted by atomic mass is 10.1. The normalized spacial score (nSPS) is 10.4. The molecule has 0 heterocycles. The van der Waals surface area contributed by atoms with Crippen LogP contribution in [0.2, 0.25) is 0 Å². The standard InChI is InChI=1S/C20H15F3N2O/c21-14-6-4-13(5-7-14)12-19(26)24-15-8-10-16(11-9-15)25-20-17(22)2-1-3-18(20)23/h1-11,25H,12H2,(H,24,26). The summed E-state index contributed by atoms with van der Waals surface area (Å²) >= 11 is 0. The van der Waals surface area contributed by atoms with Gasteiger partial charge >= 0.3 is 0 Å². The summed E-state index contributed by atoms with van der Waals surface area (Å²) in [6.07, 6.45) is 0.112. The number of carbonyl (C=O) groups excluding carboxylic acids is 1. The number of benzene rings is 3. The van der Waals surface area contributed by atoms with E-state index in [9.17, 15) is 18.0 Å². The molecule has 0 aliphatic rings. The van der Waals surface area contributed by atoms with Gasteiger partial charge in [0, 0.05) is 11.4 Å². The number of carbonyl (C=O) groups is 1. The van der Waals surface area contributed by atoms with Crippen molar-refractivity contribution in [2.24, 2.45) is 0 Å². The molecule has 26 heavy (non-hydrogen) atoms. The maximum atomic E-state index is 13.6. The van der Waals surface area contributed by atoms with Gasteiger partial charge in [0.2, 0.25) is 5.91 Å². The number of hydrogen-bond donors (Lipinski definition) is 2. The van der Waals surface area contributed by atoms with Gasteiger partial charge in [0.25, 0.3) is 0 Å². The zero-order valence-corrected chi connectivity index (χ0v) is 13.6. The fraction of sp³-hybridized carbons (Fsp3) is 0.0500. The molecule has 6 heteroatoms. The summed E-state index contributed by atoms with van der Waals surface area (Å²) < 4.78 is 40.1. The minimum absolute atomic E-state index is 0.112. The monoisotopic (exact) mass is 356 g/mol. The molecule has 0 aliphatic heterocycles. The molecule has 0 saturated carbocycles. The Morgan fingerprint density at radius 1 is 0.769 bits per heavy atom. The Balaban J connectivity index is 1.62. The number of anilines is 3. The lowest BCUT2D eigenvalue weighted by Crippen LogP contribution is -2.14. The van der Waals surface area contributed by atoms with Gasteiger partial charge < -0.3 is 10.6 Å². The lowest BCUT2D eigenvalue weighted by molar-refractivity contribution is -0.115. The van der Waals surface area contributed by atoms with Crippen molar-refractivity contribution in [2.75, 3.05) is 10.6 Å². The van der Waals surface area contributed by atoms with E-state index >= 15 is 0 Å². The number of rotatable bonds is 5. The topological polar surface area (TPSA) is 41.1 Å². The highest BCUT2D eigenvalue weighted by atomic mass is 19.1. The zero-order chi connectivity index (χ0) is 18.5. The summed E-state index contributed by atoms with van der Waals surface area (Å²) in [6.45, 7) is 0. The first kappa shape index (κ1) is 17.5. The van der Waals surface area contributed by atoms with Crippen molar-refractivity contribution in [1.29, 1.82) is 0 Å². The molecule has 1 amide bonds. The molecule has 0 bridgehead atoms. The highest BCUT2D eigenvalue weighted by Gasteiger charge is 2.09. The van der Waals surface area contributed by atoms with Crippen molar-refractivity contribution >= 4 is 23.0 Å². The molecule has 0 aliphatic carbocycles. The van der Waals surface area contributed by atoms with Crippen LogP contribution in [-0.4, -0.2) is 5.91 Å². The first-order valence-electron chi connectivity index (χ1n) is 7.86. The van der Waals surface area contributed by atoms with Gasteiger partial charge in [0.05, 0.1) is 6.42 Å². The van der Waals surface area contributed by atoms with Gasteiger partial charge in [0.1, 0.15) is 23.1 Å². The summed E-state index contributed by atoms with van der Waals surface area (Å²) in [6, 6.07) is 15.7. The number of para-hydroxylation sites is 1. The van der Waals surface area contributed by atoms with Gasteiger partial charge in [-0.3, -0.25) is 4.79 Å². The van der Waals surface area contributed by atoms with Crippen LogP contribution in [0.4, 0.5) is 30.2 Å². The van der Waals surface area contributed by atoms with Gasteiger partial charge in [-0.15, -0.1) is 0 Å². The summed E-state index contributed by atoms with van der Waals surface area (Å²) in [5, 5.41) is 5.38. The van der Waals surface area contributed by atoms with E-state index in [1.165, 1.54) is 18.2 Å². The zero-order valence-electron chi connectivity index (χ0n) is 13.6. The third kappa shape index (κ3) is 4.42. The van der Waals surface area contributed by atoms with Crippen molar-refractivity contribution in [3.8, 4) is 0 Å². The Kier molecular flexibility index (Phi) is 5.22. The third-order valence-electron chi connectivity index (χ3n) is 3.68. The van der Waals surface area contributed by atoms with E-state index in [-0.39, 0.29) is 23.8 Å². The Morgan fingerprint density at radius 3 is 1.96 bits per heavy atom. The molecule has 132 valence electrons. The molecule has 0 fully saturated rings. The third-order valence-corrected chi connectivity index (χ3v) is 3.68. The predicted molar refractivity (Wildman–Crippen MR) is 94.8 cm³/mol. The smallest absolute Gasteiger partial charge is 0.228 e. The SMILES string of the molecule is O=C(Cc1ccc(F)cc1)Nc1ccc(Nc2c(F)cccc2F)cc1. The van der Waals surface area contributed by atoms with E-state index in [1.54, 1.807) is 36.4 Å². The Hall–Kier alpha value is -3.28. The molecule has 3 aromatic carbocycles. The summed E-state index contributed by atoms with van der Waals surface area (Å²) in [5.74, 6) is -2.00. The summed E-state index contributed by atoms with van der Waals surface area (Å²) in [4.78, 5) is 12.0. The van der Waals surface area contributed by atoms with Crippen LogP contribution >= 0.6 is 0 Å². The maximum absolute atomic E-state index is 13.6. The average Bonchev–Trinajstić information content (AvgIpc) is 2.62. The fourth-order valence-corrected chi connectivity index (χ4v) is 2.39. The van der Waals surface area contributed by atoms with Crippen LogP contribution in [0.25, 0.3) is 0 Å². The van der Waals surface area contributed by atoms with Gasteiger partial charge in [-0.1, -0.05) is 18.2 Å². The quantitative estimate of drug-likeness (QED) is 0.673. The summed E-state index contributed by atoms with van der Waals surface area (Å²) in [5.41, 5.74) is 1.47. The molecule has 3 rings (SSSR count). The first-order chi connectivity index (χ1) is 12.5. The van der Waals surface area contributed by atoms with Gasteiger partial charge in [-0.2, -0.15) is 0 Å². The van der Waals surface area contributed by atoms with Gasteiger partial charge in [-0.25, -0.2) is 13.2 Å². The van der Waals surface area contributed by atoms with Crippen LogP contribution in [0.15, 0.2) is 66.7 Å². The molecule has 0 spiro atoms. The highest BCUT2D eigenvalue weighted by molar-refractivity contribution is 5.92. The second kappa shape index (κ2) is 7.74. The maximum Gasteiger partial charge on any atom is 0.228 e. The molecule has 3 aromatic rings. The predicted octanol–water partition coefficient (Wildman–Crippen LogP) is 5.03. The van der Waals surface area contributed by atoms with Gasteiger partial charge in [-0.05, 0) is 54.1 Å². The highest BCUT2D eigenvalue weighted by Crippen LogP contribution is 2.24. The van der Waals surface area contributed by atoms with E-state index in [0.29, 0.717) is 16.9 Å². The molecule has 3 nitrogen and oxygen atoms in total. The van der Waals surface area contributed by atoms with Crippen LogP contribution < -0.4 is 10.6 Å². The molecular formula is C20H15F3N2O. The lowest BCUT2D eigenvalue weighted by Gasteiger charge is -2.10. The minimum atomic E-state index is -0.693. The van der Waals surface area contributed by atoms with E-state index in [2.05, 4.69) is 10.6 Å². The second-order valence-corrected chi connectivity index (χ2v) is 5.65. The van der Waals surface area contributed by atoms with E-state index in [1.807, 2.05) is 0 Å². The Bertz CT molecular complexity index is 889. The number of amides is 1. The minimum Gasteiger partial charge on any atom is -0.351 e. The first-order valence-corrected chi connectivity index (χ1v) is 7.86. The van der Waals surface area contributed by atoms with Crippen LogP contribution in [0.1, 0.15) is 5.56 Å².